The van der Waals surface area contributed by atoms with E-state index in [0.717, 1.165) is 25.2 Å². The predicted molar refractivity (Wildman–Crippen MR) is 93.5 cm³/mol. The van der Waals surface area contributed by atoms with Gasteiger partial charge in [0.2, 0.25) is 5.91 Å². The smallest absolute Gasteiger partial charge is 0.225 e. The highest BCUT2D eigenvalue weighted by Gasteiger charge is 2.08. The van der Waals surface area contributed by atoms with Crippen LogP contribution in [0, 0.1) is 19.7 Å². The first-order valence-electron chi connectivity index (χ1n) is 8.19. The number of anilines is 1. The molecule has 1 heterocycles. The average molecular weight is 332 g/mol. The van der Waals surface area contributed by atoms with Crippen molar-refractivity contribution >= 4 is 11.6 Å². The van der Waals surface area contributed by atoms with E-state index in [0.29, 0.717) is 13.0 Å². The number of carbonyl (C=O) groups is 1. The molecule has 2 aromatic rings. The molecule has 130 valence electrons. The molecule has 6 heteroatoms. The van der Waals surface area contributed by atoms with Crippen molar-refractivity contribution in [2.24, 2.45) is 0 Å². The minimum absolute atomic E-state index is 0.175. The van der Waals surface area contributed by atoms with E-state index < -0.39 is 5.82 Å². The highest BCUT2D eigenvalue weighted by Crippen LogP contribution is 2.12. The molecule has 0 radical (unpaired) electrons. The van der Waals surface area contributed by atoms with Gasteiger partial charge in [-0.3, -0.25) is 9.48 Å². The van der Waals surface area contributed by atoms with E-state index >= 15 is 0 Å². The molecule has 1 N–H and O–H groups in total. The van der Waals surface area contributed by atoms with Crippen molar-refractivity contribution in [3.8, 4) is 0 Å². The number of rotatable bonds is 8. The first kappa shape index (κ1) is 18.1. The van der Waals surface area contributed by atoms with Crippen LogP contribution in [0.25, 0.3) is 0 Å². The molecule has 5 nitrogen and oxygen atoms in total. The molecule has 0 atom stereocenters. The quantitative estimate of drug-likeness (QED) is 0.808. The Kier molecular flexibility index (Phi) is 6.49. The summed E-state index contributed by atoms with van der Waals surface area (Å²) in [7, 11) is 1.98. The Morgan fingerprint density at radius 3 is 2.71 bits per heavy atom. The van der Waals surface area contributed by atoms with Gasteiger partial charge in [-0.2, -0.15) is 5.10 Å². The summed E-state index contributed by atoms with van der Waals surface area (Å²) >= 11 is 0. The minimum Gasteiger partial charge on any atom is -0.324 e. The summed E-state index contributed by atoms with van der Waals surface area (Å²) in [6.45, 7) is 6.43. The third-order valence-electron chi connectivity index (χ3n) is 3.88. The van der Waals surface area contributed by atoms with Crippen molar-refractivity contribution in [2.45, 2.75) is 33.2 Å². The molecule has 0 bridgehead atoms. The van der Waals surface area contributed by atoms with Crippen molar-refractivity contribution in [2.75, 3.05) is 25.5 Å². The molecule has 0 spiro atoms. The van der Waals surface area contributed by atoms with Crippen molar-refractivity contribution in [1.29, 1.82) is 0 Å². The number of halogens is 1. The second kappa shape index (κ2) is 8.59. The van der Waals surface area contributed by atoms with E-state index in [1.54, 1.807) is 18.2 Å². The zero-order chi connectivity index (χ0) is 17.5. The lowest BCUT2D eigenvalue weighted by Gasteiger charge is -2.16. The van der Waals surface area contributed by atoms with Crippen molar-refractivity contribution in [3.05, 3.63) is 47.5 Å². The molecule has 2 rings (SSSR count). The number of hydrogen-bond acceptors (Lipinski definition) is 3. The van der Waals surface area contributed by atoms with Crippen LogP contribution < -0.4 is 5.32 Å². The Balaban J connectivity index is 1.67. The number of nitrogens with zero attached hydrogens (tertiary/aromatic N) is 3. The monoisotopic (exact) mass is 332 g/mol. The van der Waals surface area contributed by atoms with Gasteiger partial charge in [-0.05, 0) is 52.1 Å². The standard InChI is InChI=1S/C18H25FN4O/c1-14-13-15(2)23(21-14)11-6-10-22(3)12-9-18(24)20-17-8-5-4-7-16(17)19/h4-5,7-8,13H,6,9-12H2,1-3H3,(H,20,24). The van der Waals surface area contributed by atoms with Crippen molar-refractivity contribution < 1.29 is 9.18 Å². The van der Waals surface area contributed by atoms with E-state index in [1.165, 1.54) is 11.8 Å². The molecule has 0 aliphatic carbocycles. The Labute approximate surface area is 142 Å². The second-order valence-corrected chi connectivity index (χ2v) is 6.09. The van der Waals surface area contributed by atoms with Crippen LogP contribution in [0.3, 0.4) is 0 Å². The predicted octanol–water partition coefficient (Wildman–Crippen LogP) is 2.99. The summed E-state index contributed by atoms with van der Waals surface area (Å²) in [4.78, 5) is 14.0. The number of para-hydroxylation sites is 1. The molecular formula is C18H25FN4O. The van der Waals surface area contributed by atoms with Crippen molar-refractivity contribution in [3.63, 3.8) is 0 Å². The molecule has 1 amide bonds. The number of benzene rings is 1. The van der Waals surface area contributed by atoms with E-state index in [4.69, 9.17) is 0 Å². The highest BCUT2D eigenvalue weighted by atomic mass is 19.1. The first-order chi connectivity index (χ1) is 11.5. The maximum absolute atomic E-state index is 13.5. The molecule has 0 fully saturated rings. The van der Waals surface area contributed by atoms with E-state index in [1.807, 2.05) is 18.7 Å². The van der Waals surface area contributed by atoms with Crippen LogP contribution in [0.5, 0.6) is 0 Å². The van der Waals surface area contributed by atoms with Crippen LogP contribution >= 0.6 is 0 Å². The molecule has 0 saturated carbocycles. The lowest BCUT2D eigenvalue weighted by molar-refractivity contribution is -0.116. The topological polar surface area (TPSA) is 50.2 Å². The largest absolute Gasteiger partial charge is 0.324 e. The normalized spacial score (nSPS) is 11.0. The molecule has 0 unspecified atom stereocenters. The Hall–Kier alpha value is -2.21. The molecule has 0 aliphatic rings. The fraction of sp³-hybridized carbons (Fsp3) is 0.444. The number of carbonyl (C=O) groups excluding carboxylic acids is 1. The van der Waals surface area contributed by atoms with Gasteiger partial charge in [0.15, 0.2) is 0 Å². The van der Waals surface area contributed by atoms with Gasteiger partial charge in [-0.1, -0.05) is 12.1 Å². The van der Waals surface area contributed by atoms with Crippen LogP contribution in [0.4, 0.5) is 10.1 Å². The first-order valence-corrected chi connectivity index (χ1v) is 8.19. The van der Waals surface area contributed by atoms with Crippen LogP contribution in [-0.4, -0.2) is 40.7 Å². The Bertz CT molecular complexity index is 683. The number of hydrogen-bond donors (Lipinski definition) is 1. The zero-order valence-electron chi connectivity index (χ0n) is 14.6. The summed E-state index contributed by atoms with van der Waals surface area (Å²) in [6.07, 6.45) is 1.30. The van der Waals surface area contributed by atoms with E-state index in [2.05, 4.69) is 28.3 Å². The zero-order valence-corrected chi connectivity index (χ0v) is 14.6. The minimum atomic E-state index is -0.413. The lowest BCUT2D eigenvalue weighted by Crippen LogP contribution is -2.26. The van der Waals surface area contributed by atoms with Gasteiger partial charge in [0.25, 0.3) is 0 Å². The fourth-order valence-corrected chi connectivity index (χ4v) is 2.57. The third-order valence-corrected chi connectivity index (χ3v) is 3.88. The number of amides is 1. The van der Waals surface area contributed by atoms with Crippen LogP contribution in [-0.2, 0) is 11.3 Å². The molecular weight excluding hydrogens is 307 g/mol. The summed E-state index contributed by atoms with van der Waals surface area (Å²) < 4.78 is 15.5. The van der Waals surface area contributed by atoms with Gasteiger partial charge in [0, 0.05) is 25.2 Å². The van der Waals surface area contributed by atoms with Gasteiger partial charge >= 0.3 is 0 Å². The van der Waals surface area contributed by atoms with Crippen LogP contribution in [0.1, 0.15) is 24.2 Å². The highest BCUT2D eigenvalue weighted by molar-refractivity contribution is 5.90. The van der Waals surface area contributed by atoms with Gasteiger partial charge < -0.3 is 10.2 Å². The fourth-order valence-electron chi connectivity index (χ4n) is 2.57. The van der Waals surface area contributed by atoms with Gasteiger partial charge in [0.05, 0.1) is 11.4 Å². The summed E-state index contributed by atoms with van der Waals surface area (Å²) in [6, 6.07) is 8.26. The van der Waals surface area contributed by atoms with E-state index in [-0.39, 0.29) is 11.6 Å². The maximum Gasteiger partial charge on any atom is 0.225 e. The van der Waals surface area contributed by atoms with E-state index in [9.17, 15) is 9.18 Å². The summed E-state index contributed by atoms with van der Waals surface area (Å²) in [5.74, 6) is -0.588. The molecule has 0 saturated heterocycles. The maximum atomic E-state index is 13.5. The Morgan fingerprint density at radius 1 is 1.29 bits per heavy atom. The number of nitrogens with one attached hydrogen (secondary N) is 1. The van der Waals surface area contributed by atoms with Gasteiger partial charge in [-0.15, -0.1) is 0 Å². The van der Waals surface area contributed by atoms with Crippen LogP contribution in [0.2, 0.25) is 0 Å². The Morgan fingerprint density at radius 2 is 2.04 bits per heavy atom. The number of aryl methyl sites for hydroxylation is 3. The molecule has 0 aliphatic heterocycles. The SMILES string of the molecule is Cc1cc(C)n(CCCN(C)CCC(=O)Nc2ccccc2F)n1. The molecule has 1 aromatic carbocycles. The summed E-state index contributed by atoms with van der Waals surface area (Å²) in [5.41, 5.74) is 2.43. The second-order valence-electron chi connectivity index (χ2n) is 6.09. The number of aromatic nitrogens is 2. The van der Waals surface area contributed by atoms with Gasteiger partial charge in [0.1, 0.15) is 5.82 Å². The average Bonchev–Trinajstić information content (AvgIpc) is 2.85. The lowest BCUT2D eigenvalue weighted by atomic mass is 10.3. The van der Waals surface area contributed by atoms with Gasteiger partial charge in [-0.25, -0.2) is 4.39 Å². The van der Waals surface area contributed by atoms with Crippen molar-refractivity contribution in [1.82, 2.24) is 14.7 Å². The summed E-state index contributed by atoms with van der Waals surface area (Å²) in [5, 5.41) is 7.04. The molecule has 24 heavy (non-hydrogen) atoms. The molecule has 1 aromatic heterocycles. The van der Waals surface area contributed by atoms with Crippen LogP contribution in [0.15, 0.2) is 30.3 Å². The third kappa shape index (κ3) is 5.45.